The number of hydrogen-bond donors (Lipinski definition) is 0. The Bertz CT molecular complexity index is 1260. The number of hydrogen-bond acceptors (Lipinski definition) is 6. The number of ether oxygens (including phenoxy) is 3. The molecular weight excluding hydrogens is 829 g/mol. The predicted molar refractivity (Wildman–Crippen MR) is 288 cm³/mol. The molecule has 6 heteroatoms. The van der Waals surface area contributed by atoms with E-state index in [9.17, 15) is 14.4 Å². The molecule has 6 nitrogen and oxygen atoms in total. The number of carbonyl (C=O) groups excluding carboxylic acids is 3. The molecule has 0 saturated heterocycles. The molecule has 0 N–H and O–H groups in total. The molecule has 0 aromatic rings. The quantitative estimate of drug-likeness (QED) is 0.0262. The van der Waals surface area contributed by atoms with E-state index in [1.165, 1.54) is 116 Å². The molecule has 0 aliphatic carbocycles. The first-order valence-corrected chi connectivity index (χ1v) is 28.4. The highest BCUT2D eigenvalue weighted by molar-refractivity contribution is 5.71. The van der Waals surface area contributed by atoms with E-state index in [4.69, 9.17) is 14.2 Å². The smallest absolute Gasteiger partial charge is 0.306 e. The number of rotatable bonds is 51. The number of unbranched alkanes of at least 4 members (excludes halogenated alkanes) is 28. The normalized spacial score (nSPS) is 12.6. The van der Waals surface area contributed by atoms with Gasteiger partial charge >= 0.3 is 17.9 Å². The summed E-state index contributed by atoms with van der Waals surface area (Å²) in [6, 6.07) is 0. The van der Waals surface area contributed by atoms with Crippen LogP contribution >= 0.6 is 0 Å². The minimum atomic E-state index is -0.793. The second kappa shape index (κ2) is 55.4. The maximum absolute atomic E-state index is 12.8. The Morgan fingerprint density at radius 2 is 0.582 bits per heavy atom. The third-order valence-electron chi connectivity index (χ3n) is 12.2. The van der Waals surface area contributed by atoms with Gasteiger partial charge in [0.1, 0.15) is 13.2 Å². The Morgan fingerprint density at radius 1 is 0.313 bits per heavy atom. The first-order valence-electron chi connectivity index (χ1n) is 28.4. The van der Waals surface area contributed by atoms with Gasteiger partial charge < -0.3 is 14.2 Å². The van der Waals surface area contributed by atoms with Gasteiger partial charge in [0.25, 0.3) is 0 Å². The number of allylic oxidation sites excluding steroid dienone is 12. The van der Waals surface area contributed by atoms with Crippen LogP contribution in [-0.2, 0) is 28.6 Å². The molecule has 0 aromatic carbocycles. The Hall–Kier alpha value is -3.15. The summed E-state index contributed by atoms with van der Waals surface area (Å²) in [6.45, 7) is 6.49. The lowest BCUT2D eigenvalue weighted by Gasteiger charge is -2.18. The van der Waals surface area contributed by atoms with E-state index < -0.39 is 6.10 Å². The van der Waals surface area contributed by atoms with Crippen LogP contribution in [0.15, 0.2) is 72.9 Å². The Balaban J connectivity index is 4.42. The lowest BCUT2D eigenvalue weighted by molar-refractivity contribution is -0.167. The summed E-state index contributed by atoms with van der Waals surface area (Å²) in [5, 5.41) is 0. The van der Waals surface area contributed by atoms with Crippen molar-refractivity contribution < 1.29 is 28.6 Å². The SMILES string of the molecule is CC/C=C\C/C=C\C/C=C\CCCCCCCC(=O)O[C@H](COC(=O)CCCCCC/C=C\C/C=C\C/C=C\CCCCC)COC(=O)CCCCCCCCCCCCCCCCCCC. The maximum atomic E-state index is 12.8. The summed E-state index contributed by atoms with van der Waals surface area (Å²) in [4.78, 5) is 38.1. The summed E-state index contributed by atoms with van der Waals surface area (Å²) in [6.07, 6.45) is 70.3. The lowest BCUT2D eigenvalue weighted by atomic mass is 10.0. The molecule has 0 aromatic heterocycles. The highest BCUT2D eigenvalue weighted by Gasteiger charge is 2.19. The van der Waals surface area contributed by atoms with E-state index in [1.54, 1.807) is 0 Å². The second-order valence-electron chi connectivity index (χ2n) is 18.8. The molecule has 1 atom stereocenters. The summed E-state index contributed by atoms with van der Waals surface area (Å²) in [5.74, 6) is -0.918. The van der Waals surface area contributed by atoms with Gasteiger partial charge in [-0.05, 0) is 89.9 Å². The third kappa shape index (κ3) is 53.7. The van der Waals surface area contributed by atoms with E-state index in [1.807, 2.05) is 0 Å². The van der Waals surface area contributed by atoms with Gasteiger partial charge in [-0.3, -0.25) is 14.4 Å². The first-order chi connectivity index (χ1) is 33.0. The highest BCUT2D eigenvalue weighted by atomic mass is 16.6. The third-order valence-corrected chi connectivity index (χ3v) is 12.2. The average Bonchev–Trinajstić information content (AvgIpc) is 3.33. The van der Waals surface area contributed by atoms with Crippen molar-refractivity contribution in [3.05, 3.63) is 72.9 Å². The molecule has 0 fully saturated rings. The van der Waals surface area contributed by atoms with Gasteiger partial charge in [0.2, 0.25) is 0 Å². The Morgan fingerprint density at radius 3 is 0.940 bits per heavy atom. The fourth-order valence-corrected chi connectivity index (χ4v) is 7.93. The molecule has 0 bridgehead atoms. The average molecular weight is 936 g/mol. The second-order valence-corrected chi connectivity index (χ2v) is 18.8. The largest absolute Gasteiger partial charge is 0.462 e. The van der Waals surface area contributed by atoms with Crippen LogP contribution in [0, 0.1) is 0 Å². The van der Waals surface area contributed by atoms with E-state index >= 15 is 0 Å². The summed E-state index contributed by atoms with van der Waals surface area (Å²) in [7, 11) is 0. The van der Waals surface area contributed by atoms with Crippen molar-refractivity contribution in [3.8, 4) is 0 Å². The zero-order valence-corrected chi connectivity index (χ0v) is 44.2. The van der Waals surface area contributed by atoms with Crippen LogP contribution in [0.2, 0.25) is 0 Å². The molecular formula is C61H106O6. The van der Waals surface area contributed by atoms with Crippen molar-refractivity contribution in [2.75, 3.05) is 13.2 Å². The molecule has 386 valence electrons. The van der Waals surface area contributed by atoms with Gasteiger partial charge in [0.15, 0.2) is 6.10 Å². The fourth-order valence-electron chi connectivity index (χ4n) is 7.93. The molecule has 0 unspecified atom stereocenters. The molecule has 0 amide bonds. The predicted octanol–water partition coefficient (Wildman–Crippen LogP) is 19.0. The van der Waals surface area contributed by atoms with Gasteiger partial charge in [-0.1, -0.05) is 241 Å². The van der Waals surface area contributed by atoms with Gasteiger partial charge in [-0.2, -0.15) is 0 Å². The summed E-state index contributed by atoms with van der Waals surface area (Å²) in [5.41, 5.74) is 0. The van der Waals surface area contributed by atoms with Gasteiger partial charge in [-0.25, -0.2) is 0 Å². The van der Waals surface area contributed by atoms with Crippen molar-refractivity contribution >= 4 is 17.9 Å². The van der Waals surface area contributed by atoms with Crippen LogP contribution in [0.1, 0.15) is 278 Å². The molecule has 0 aliphatic heterocycles. The van der Waals surface area contributed by atoms with E-state index in [0.29, 0.717) is 19.3 Å². The zero-order chi connectivity index (χ0) is 48.6. The maximum Gasteiger partial charge on any atom is 0.306 e. The van der Waals surface area contributed by atoms with Gasteiger partial charge in [0, 0.05) is 19.3 Å². The van der Waals surface area contributed by atoms with E-state index in [-0.39, 0.29) is 31.1 Å². The Labute approximate surface area is 414 Å². The van der Waals surface area contributed by atoms with Crippen LogP contribution in [0.3, 0.4) is 0 Å². The zero-order valence-electron chi connectivity index (χ0n) is 44.2. The van der Waals surface area contributed by atoms with Crippen LogP contribution in [-0.4, -0.2) is 37.2 Å². The van der Waals surface area contributed by atoms with Crippen LogP contribution < -0.4 is 0 Å². The molecule has 0 aliphatic rings. The van der Waals surface area contributed by atoms with E-state index in [0.717, 1.165) is 122 Å². The molecule has 0 heterocycles. The van der Waals surface area contributed by atoms with Crippen LogP contribution in [0.4, 0.5) is 0 Å². The molecule has 0 saturated carbocycles. The van der Waals surface area contributed by atoms with Crippen LogP contribution in [0.25, 0.3) is 0 Å². The lowest BCUT2D eigenvalue weighted by Crippen LogP contribution is -2.30. The topological polar surface area (TPSA) is 78.9 Å². The summed E-state index contributed by atoms with van der Waals surface area (Å²) >= 11 is 0. The fraction of sp³-hybridized carbons (Fsp3) is 0.754. The first kappa shape index (κ1) is 63.8. The van der Waals surface area contributed by atoms with Gasteiger partial charge in [0.05, 0.1) is 0 Å². The molecule has 0 radical (unpaired) electrons. The van der Waals surface area contributed by atoms with Crippen molar-refractivity contribution in [1.82, 2.24) is 0 Å². The van der Waals surface area contributed by atoms with Crippen molar-refractivity contribution in [2.45, 2.75) is 284 Å². The van der Waals surface area contributed by atoms with Gasteiger partial charge in [-0.15, -0.1) is 0 Å². The standard InChI is InChI=1S/C61H106O6/c1-4-7-10-13-16-19-22-25-28-30-33-35-38-41-44-47-50-53-59(62)65-56-58(67-61(64)55-52-49-46-43-40-37-32-27-24-21-18-15-12-9-6-3)57-66-60(63)54-51-48-45-42-39-36-34-31-29-26-23-20-17-14-11-8-5-2/h9,12,16,18-19,21,25,27-28,32-33,35,58H,4-8,10-11,13-15,17,20,22-24,26,29-31,34,36-57H2,1-3H3/b12-9-,19-16-,21-18-,28-25-,32-27-,35-33-/t58-/m1/s1. The molecule has 0 rings (SSSR count). The number of esters is 3. The minimum Gasteiger partial charge on any atom is -0.462 e. The molecule has 67 heavy (non-hydrogen) atoms. The van der Waals surface area contributed by atoms with Crippen molar-refractivity contribution in [3.63, 3.8) is 0 Å². The highest BCUT2D eigenvalue weighted by Crippen LogP contribution is 2.16. The van der Waals surface area contributed by atoms with Crippen molar-refractivity contribution in [2.24, 2.45) is 0 Å². The van der Waals surface area contributed by atoms with Crippen LogP contribution in [0.5, 0.6) is 0 Å². The number of carbonyl (C=O) groups is 3. The van der Waals surface area contributed by atoms with E-state index in [2.05, 4.69) is 93.7 Å². The monoisotopic (exact) mass is 935 g/mol. The Kier molecular flexibility index (Phi) is 52.8. The molecule has 0 spiro atoms. The van der Waals surface area contributed by atoms with Crippen molar-refractivity contribution in [1.29, 1.82) is 0 Å². The minimum absolute atomic E-state index is 0.0878. The summed E-state index contributed by atoms with van der Waals surface area (Å²) < 4.78 is 16.8.